The summed E-state index contributed by atoms with van der Waals surface area (Å²) in [4.78, 5) is 26.3. The summed E-state index contributed by atoms with van der Waals surface area (Å²) in [6, 6.07) is 7.33. The van der Waals surface area contributed by atoms with Crippen LogP contribution < -0.4 is 4.74 Å². The number of aliphatic hydroxyl groups is 1. The second-order valence-electron chi connectivity index (χ2n) is 9.62. The van der Waals surface area contributed by atoms with E-state index in [1.165, 1.54) is 0 Å². The maximum atomic E-state index is 13.5. The van der Waals surface area contributed by atoms with E-state index in [0.717, 1.165) is 12.1 Å². The van der Waals surface area contributed by atoms with E-state index in [-0.39, 0.29) is 30.6 Å². The van der Waals surface area contributed by atoms with Crippen LogP contribution in [0.15, 0.2) is 36.7 Å². The molecule has 2 aromatic heterocycles. The molecule has 3 atom stereocenters. The minimum absolute atomic E-state index is 0.0320. The van der Waals surface area contributed by atoms with Gasteiger partial charge in [-0.2, -0.15) is 0 Å². The van der Waals surface area contributed by atoms with Gasteiger partial charge in [-0.15, -0.1) is 0 Å². The van der Waals surface area contributed by atoms with Crippen LogP contribution in [0.3, 0.4) is 0 Å². The standard InChI is InChI=1S/C27H36N4O3/c1-19(2)9-8-10-22-13-24-26(29-14-22)34-25(17-30(5)16-23-11-6-7-12-28-23)20(3)15-31(27(24)33)21(4)18-32/h6-7,11-14,19-21,25,32H,9,15-18H2,1-5H3/t20-,21-,25-/m1/s1. The van der Waals surface area contributed by atoms with Gasteiger partial charge < -0.3 is 14.7 Å². The fourth-order valence-corrected chi connectivity index (χ4v) is 3.89. The highest BCUT2D eigenvalue weighted by atomic mass is 16.5. The van der Waals surface area contributed by atoms with Gasteiger partial charge in [0.05, 0.1) is 18.3 Å². The lowest BCUT2D eigenvalue weighted by Gasteiger charge is -2.37. The molecule has 0 radical (unpaired) electrons. The molecule has 0 bridgehead atoms. The first-order valence-electron chi connectivity index (χ1n) is 11.9. The van der Waals surface area contributed by atoms with Crippen LogP contribution in [0.25, 0.3) is 0 Å². The number of nitrogens with zero attached hydrogens (tertiary/aromatic N) is 4. The molecule has 0 aliphatic carbocycles. The number of aromatic nitrogens is 2. The van der Waals surface area contributed by atoms with Crippen LogP contribution >= 0.6 is 0 Å². The monoisotopic (exact) mass is 464 g/mol. The Labute approximate surface area is 203 Å². The number of carbonyl (C=O) groups excluding carboxylic acids is 1. The topological polar surface area (TPSA) is 78.8 Å². The number of aliphatic hydroxyl groups excluding tert-OH is 1. The van der Waals surface area contributed by atoms with Crippen molar-refractivity contribution < 1.29 is 14.6 Å². The van der Waals surface area contributed by atoms with Gasteiger partial charge in [-0.1, -0.05) is 38.7 Å². The average molecular weight is 465 g/mol. The van der Waals surface area contributed by atoms with Crippen molar-refractivity contribution in [1.29, 1.82) is 0 Å². The normalized spacial score (nSPS) is 19.1. The van der Waals surface area contributed by atoms with Crippen molar-refractivity contribution in [3.63, 3.8) is 0 Å². The molecule has 7 nitrogen and oxygen atoms in total. The molecule has 34 heavy (non-hydrogen) atoms. The first-order valence-corrected chi connectivity index (χ1v) is 11.9. The quantitative estimate of drug-likeness (QED) is 0.634. The van der Waals surface area contributed by atoms with Gasteiger partial charge in [-0.3, -0.25) is 14.7 Å². The maximum Gasteiger partial charge on any atom is 0.259 e. The molecule has 0 spiro atoms. The Morgan fingerprint density at radius 1 is 1.29 bits per heavy atom. The van der Waals surface area contributed by atoms with Gasteiger partial charge >= 0.3 is 0 Å². The molecule has 182 valence electrons. The molecule has 0 saturated carbocycles. The van der Waals surface area contributed by atoms with Gasteiger partial charge in [0.25, 0.3) is 5.91 Å². The molecular weight excluding hydrogens is 428 g/mol. The van der Waals surface area contributed by atoms with E-state index in [9.17, 15) is 9.90 Å². The van der Waals surface area contributed by atoms with Crippen molar-refractivity contribution in [2.24, 2.45) is 11.8 Å². The fraction of sp³-hybridized carbons (Fsp3) is 0.519. The third-order valence-corrected chi connectivity index (χ3v) is 5.91. The van der Waals surface area contributed by atoms with Crippen molar-refractivity contribution in [3.8, 4) is 17.7 Å². The molecule has 0 fully saturated rings. The number of rotatable bonds is 7. The summed E-state index contributed by atoms with van der Waals surface area (Å²) in [5.74, 6) is 6.90. The molecular formula is C27H36N4O3. The molecule has 0 unspecified atom stereocenters. The Morgan fingerprint density at radius 2 is 2.09 bits per heavy atom. The molecule has 3 rings (SSSR count). The Morgan fingerprint density at radius 3 is 2.76 bits per heavy atom. The number of likely N-dealkylation sites (N-methyl/N-ethyl adjacent to an activating group) is 1. The van der Waals surface area contributed by atoms with Crippen LogP contribution in [0, 0.1) is 23.7 Å². The predicted octanol–water partition coefficient (Wildman–Crippen LogP) is 3.23. The zero-order valence-electron chi connectivity index (χ0n) is 20.9. The van der Waals surface area contributed by atoms with E-state index in [1.54, 1.807) is 23.4 Å². The summed E-state index contributed by atoms with van der Waals surface area (Å²) < 4.78 is 6.36. The Balaban J connectivity index is 1.89. The number of fused-ring (bicyclic) bond motifs is 1. The Bertz CT molecular complexity index is 1020. The molecule has 1 aliphatic rings. The van der Waals surface area contributed by atoms with Gasteiger partial charge in [0.1, 0.15) is 11.7 Å². The lowest BCUT2D eigenvalue weighted by Crippen LogP contribution is -2.49. The van der Waals surface area contributed by atoms with Crippen molar-refractivity contribution >= 4 is 5.91 Å². The number of hydrogen-bond donors (Lipinski definition) is 1. The predicted molar refractivity (Wildman–Crippen MR) is 132 cm³/mol. The lowest BCUT2D eigenvalue weighted by molar-refractivity contribution is 0.0324. The maximum absolute atomic E-state index is 13.5. The number of carbonyl (C=O) groups is 1. The van der Waals surface area contributed by atoms with E-state index in [2.05, 4.69) is 47.5 Å². The molecule has 0 aromatic carbocycles. The minimum atomic E-state index is -0.316. The summed E-state index contributed by atoms with van der Waals surface area (Å²) in [5.41, 5.74) is 2.06. The molecule has 2 aromatic rings. The SMILES string of the molecule is CC(C)CC#Cc1cnc2c(c1)C(=O)N([C@H](C)CO)C[C@@H](C)[C@@H](CN(C)Cc1ccccn1)O2. The largest absolute Gasteiger partial charge is 0.472 e. The highest BCUT2D eigenvalue weighted by Crippen LogP contribution is 2.27. The second-order valence-corrected chi connectivity index (χ2v) is 9.62. The van der Waals surface area contributed by atoms with Crippen LogP contribution in [-0.4, -0.2) is 69.7 Å². The van der Waals surface area contributed by atoms with Crippen molar-refractivity contribution in [3.05, 3.63) is 53.5 Å². The van der Waals surface area contributed by atoms with Gasteiger partial charge in [0, 0.05) is 49.9 Å². The summed E-state index contributed by atoms with van der Waals surface area (Å²) in [5, 5.41) is 9.82. The molecule has 1 aliphatic heterocycles. The van der Waals surface area contributed by atoms with E-state index in [0.29, 0.717) is 42.6 Å². The van der Waals surface area contributed by atoms with Gasteiger partial charge in [-0.25, -0.2) is 4.98 Å². The van der Waals surface area contributed by atoms with Crippen LogP contribution in [-0.2, 0) is 6.54 Å². The van der Waals surface area contributed by atoms with Crippen LogP contribution in [0.4, 0.5) is 0 Å². The van der Waals surface area contributed by atoms with Crippen molar-refractivity contribution in [2.45, 2.75) is 52.8 Å². The van der Waals surface area contributed by atoms with E-state index in [1.807, 2.05) is 32.2 Å². The molecule has 1 N–H and O–H groups in total. The van der Waals surface area contributed by atoms with Crippen LogP contribution in [0.2, 0.25) is 0 Å². The summed E-state index contributed by atoms with van der Waals surface area (Å²) in [6.45, 7) is 9.86. The van der Waals surface area contributed by atoms with Gasteiger partial charge in [-0.05, 0) is 38.1 Å². The smallest absolute Gasteiger partial charge is 0.259 e. The van der Waals surface area contributed by atoms with Gasteiger partial charge in [0.15, 0.2) is 0 Å². The number of pyridine rings is 2. The van der Waals surface area contributed by atoms with Gasteiger partial charge in [0.2, 0.25) is 5.88 Å². The highest BCUT2D eigenvalue weighted by molar-refractivity contribution is 5.97. The summed E-state index contributed by atoms with van der Waals surface area (Å²) in [6.07, 6.45) is 4.04. The van der Waals surface area contributed by atoms with E-state index >= 15 is 0 Å². The first kappa shape index (κ1) is 25.7. The van der Waals surface area contributed by atoms with Crippen molar-refractivity contribution in [1.82, 2.24) is 19.8 Å². The van der Waals surface area contributed by atoms with E-state index in [4.69, 9.17) is 4.74 Å². The minimum Gasteiger partial charge on any atom is -0.472 e. The average Bonchev–Trinajstić information content (AvgIpc) is 2.81. The Hall–Kier alpha value is -2.95. The molecule has 1 amide bonds. The number of amides is 1. The molecule has 3 heterocycles. The van der Waals surface area contributed by atoms with Crippen molar-refractivity contribution in [2.75, 3.05) is 26.7 Å². The zero-order chi connectivity index (χ0) is 24.7. The number of hydrogen-bond acceptors (Lipinski definition) is 6. The molecule has 7 heteroatoms. The van der Waals surface area contributed by atoms with Crippen LogP contribution in [0.1, 0.15) is 55.7 Å². The summed E-state index contributed by atoms with van der Waals surface area (Å²) >= 11 is 0. The van der Waals surface area contributed by atoms with E-state index < -0.39 is 0 Å². The third-order valence-electron chi connectivity index (χ3n) is 5.91. The second kappa shape index (κ2) is 12.0. The molecule has 0 saturated heterocycles. The lowest BCUT2D eigenvalue weighted by atomic mass is 10.00. The summed E-state index contributed by atoms with van der Waals surface area (Å²) in [7, 11) is 2.03. The number of ether oxygens (including phenoxy) is 1. The fourth-order valence-electron chi connectivity index (χ4n) is 3.89. The first-order chi connectivity index (χ1) is 16.3. The third kappa shape index (κ3) is 6.78. The zero-order valence-corrected chi connectivity index (χ0v) is 20.9. The highest BCUT2D eigenvalue weighted by Gasteiger charge is 2.34. The van der Waals surface area contributed by atoms with Crippen LogP contribution in [0.5, 0.6) is 5.88 Å². The Kier molecular flexibility index (Phi) is 9.03.